The summed E-state index contributed by atoms with van der Waals surface area (Å²) in [7, 11) is 1.53. The van der Waals surface area contributed by atoms with Crippen molar-refractivity contribution in [1.82, 2.24) is 9.78 Å². The lowest BCUT2D eigenvalue weighted by Crippen LogP contribution is -2.31. The quantitative estimate of drug-likeness (QED) is 0.474. The van der Waals surface area contributed by atoms with E-state index in [0.29, 0.717) is 11.4 Å². The molecule has 0 bridgehead atoms. The van der Waals surface area contributed by atoms with Gasteiger partial charge in [-0.25, -0.2) is 13.5 Å². The highest BCUT2D eigenvalue weighted by Gasteiger charge is 2.36. The Bertz CT molecular complexity index is 1180. The van der Waals surface area contributed by atoms with Crippen LogP contribution in [0.3, 0.4) is 0 Å². The van der Waals surface area contributed by atoms with Crippen molar-refractivity contribution in [2.24, 2.45) is 0 Å². The maximum atomic E-state index is 14.0. The second-order valence-electron chi connectivity index (χ2n) is 9.72. The van der Waals surface area contributed by atoms with Gasteiger partial charge in [-0.05, 0) is 42.0 Å². The molecule has 0 saturated carbocycles. The van der Waals surface area contributed by atoms with E-state index in [9.17, 15) is 13.6 Å². The zero-order valence-electron chi connectivity index (χ0n) is 20.0. The number of nitrogens with zero attached hydrogens (tertiary/aromatic N) is 2. The van der Waals surface area contributed by atoms with E-state index in [4.69, 9.17) is 4.74 Å². The van der Waals surface area contributed by atoms with Crippen LogP contribution >= 0.6 is 0 Å². The normalized spacial score (nSPS) is 17.8. The van der Waals surface area contributed by atoms with Crippen LogP contribution in [0.5, 0.6) is 5.75 Å². The summed E-state index contributed by atoms with van der Waals surface area (Å²) < 4.78 is 34.6. The fourth-order valence-electron chi connectivity index (χ4n) is 4.18. The Morgan fingerprint density at radius 1 is 1.21 bits per heavy atom. The van der Waals surface area contributed by atoms with E-state index in [0.717, 1.165) is 16.7 Å². The molecule has 8 heteroatoms. The molecule has 4 rings (SSSR count). The van der Waals surface area contributed by atoms with Crippen LogP contribution in [0.4, 0.5) is 20.3 Å². The number of fused-ring (bicyclic) bond motifs is 1. The van der Waals surface area contributed by atoms with Gasteiger partial charge in [-0.1, -0.05) is 56.7 Å². The SMILES string of the molecule is COc1ccc(C(C)(C)C)cc1NC(=O)c1cnn2c1NC(c1ccc(C)cc1)CC2C(F)F. The molecule has 1 aromatic heterocycles. The first-order chi connectivity index (χ1) is 16.1. The number of ether oxygens (including phenoxy) is 1. The van der Waals surface area contributed by atoms with Crippen molar-refractivity contribution in [2.75, 3.05) is 17.7 Å². The third kappa shape index (κ3) is 4.62. The molecule has 2 unspecified atom stereocenters. The van der Waals surface area contributed by atoms with Crippen LogP contribution < -0.4 is 15.4 Å². The minimum absolute atomic E-state index is 0.129. The van der Waals surface area contributed by atoms with Crippen LogP contribution in [0.1, 0.15) is 66.3 Å². The van der Waals surface area contributed by atoms with Gasteiger partial charge in [0.05, 0.1) is 25.0 Å². The monoisotopic (exact) mass is 468 g/mol. The van der Waals surface area contributed by atoms with Gasteiger partial charge in [-0.3, -0.25) is 4.79 Å². The third-order valence-electron chi connectivity index (χ3n) is 6.23. The molecule has 2 heterocycles. The number of aromatic nitrogens is 2. The van der Waals surface area contributed by atoms with E-state index in [-0.39, 0.29) is 29.3 Å². The van der Waals surface area contributed by atoms with Crippen LogP contribution in [0, 0.1) is 6.92 Å². The third-order valence-corrected chi connectivity index (χ3v) is 6.23. The van der Waals surface area contributed by atoms with Gasteiger partial charge in [0, 0.05) is 0 Å². The lowest BCUT2D eigenvalue weighted by molar-refractivity contribution is 0.0657. The molecular weight excluding hydrogens is 438 g/mol. The van der Waals surface area contributed by atoms with Gasteiger partial charge in [0.25, 0.3) is 12.3 Å². The number of nitrogens with one attached hydrogen (secondary N) is 2. The summed E-state index contributed by atoms with van der Waals surface area (Å²) in [6.45, 7) is 8.21. The van der Waals surface area contributed by atoms with Crippen molar-refractivity contribution >= 4 is 17.4 Å². The molecule has 0 radical (unpaired) electrons. The first kappa shape index (κ1) is 23.7. The number of hydrogen-bond donors (Lipinski definition) is 2. The average molecular weight is 469 g/mol. The van der Waals surface area contributed by atoms with Gasteiger partial charge in [-0.15, -0.1) is 0 Å². The van der Waals surface area contributed by atoms with Gasteiger partial charge in [0.1, 0.15) is 23.2 Å². The molecule has 0 fully saturated rings. The molecule has 1 aliphatic heterocycles. The summed E-state index contributed by atoms with van der Waals surface area (Å²) in [5.41, 5.74) is 3.57. The lowest BCUT2D eigenvalue weighted by atomic mass is 9.87. The second kappa shape index (κ2) is 9.08. The molecule has 1 amide bonds. The van der Waals surface area contributed by atoms with Gasteiger partial charge in [-0.2, -0.15) is 5.10 Å². The first-order valence-electron chi connectivity index (χ1n) is 11.3. The van der Waals surface area contributed by atoms with Crippen molar-refractivity contribution in [3.63, 3.8) is 0 Å². The van der Waals surface area contributed by atoms with E-state index in [1.165, 1.54) is 18.0 Å². The minimum atomic E-state index is -2.62. The number of benzene rings is 2. The molecule has 34 heavy (non-hydrogen) atoms. The molecule has 0 aliphatic carbocycles. The summed E-state index contributed by atoms with van der Waals surface area (Å²) in [6.07, 6.45) is -1.11. The van der Waals surface area contributed by atoms with Crippen molar-refractivity contribution in [3.05, 3.63) is 70.9 Å². The highest BCUT2D eigenvalue weighted by Crippen LogP contribution is 2.40. The summed E-state index contributed by atoms with van der Waals surface area (Å²) in [5.74, 6) is 0.347. The van der Waals surface area contributed by atoms with E-state index in [2.05, 4.69) is 36.5 Å². The predicted molar refractivity (Wildman–Crippen MR) is 129 cm³/mol. The lowest BCUT2D eigenvalue weighted by Gasteiger charge is -2.32. The Hall–Kier alpha value is -3.42. The van der Waals surface area contributed by atoms with E-state index in [1.807, 2.05) is 49.4 Å². The number of carbonyl (C=O) groups is 1. The smallest absolute Gasteiger partial charge is 0.261 e. The van der Waals surface area contributed by atoms with Crippen molar-refractivity contribution in [1.29, 1.82) is 0 Å². The Morgan fingerprint density at radius 3 is 2.53 bits per heavy atom. The Morgan fingerprint density at radius 2 is 1.91 bits per heavy atom. The molecule has 1 aliphatic rings. The van der Waals surface area contributed by atoms with Gasteiger partial charge < -0.3 is 15.4 Å². The summed E-state index contributed by atoms with van der Waals surface area (Å²) in [5, 5.41) is 10.3. The predicted octanol–water partition coefficient (Wildman–Crippen LogP) is 6.11. The average Bonchev–Trinajstić information content (AvgIpc) is 3.22. The summed E-state index contributed by atoms with van der Waals surface area (Å²) in [4.78, 5) is 13.3. The van der Waals surface area contributed by atoms with Gasteiger partial charge in [0.2, 0.25) is 0 Å². The molecule has 2 N–H and O–H groups in total. The van der Waals surface area contributed by atoms with E-state index in [1.54, 1.807) is 0 Å². The molecular formula is C26H30F2N4O2. The highest BCUT2D eigenvalue weighted by molar-refractivity contribution is 6.08. The number of aryl methyl sites for hydroxylation is 1. The number of rotatable bonds is 5. The Kier molecular flexibility index (Phi) is 6.34. The largest absolute Gasteiger partial charge is 0.495 e. The highest BCUT2D eigenvalue weighted by atomic mass is 19.3. The molecule has 0 saturated heterocycles. The summed E-state index contributed by atoms with van der Waals surface area (Å²) in [6, 6.07) is 11.9. The number of hydrogen-bond acceptors (Lipinski definition) is 4. The van der Waals surface area contributed by atoms with Crippen LogP contribution in [0.15, 0.2) is 48.7 Å². The first-order valence-corrected chi connectivity index (χ1v) is 11.3. The van der Waals surface area contributed by atoms with Crippen molar-refractivity contribution in [2.45, 2.75) is 58.0 Å². The van der Waals surface area contributed by atoms with E-state index >= 15 is 0 Å². The molecule has 2 aromatic carbocycles. The van der Waals surface area contributed by atoms with Gasteiger partial charge in [0.15, 0.2) is 0 Å². The van der Waals surface area contributed by atoms with Crippen LogP contribution in [0.2, 0.25) is 0 Å². The summed E-state index contributed by atoms with van der Waals surface area (Å²) >= 11 is 0. The Balaban J connectivity index is 1.67. The topological polar surface area (TPSA) is 68.2 Å². The van der Waals surface area contributed by atoms with Crippen molar-refractivity contribution < 1.29 is 18.3 Å². The molecule has 3 aromatic rings. The van der Waals surface area contributed by atoms with Crippen LogP contribution in [0.25, 0.3) is 0 Å². The fraction of sp³-hybridized carbons (Fsp3) is 0.385. The maximum Gasteiger partial charge on any atom is 0.261 e. The van der Waals surface area contributed by atoms with Crippen LogP contribution in [-0.2, 0) is 5.41 Å². The standard InChI is InChI=1S/C26H30F2N4O2/c1-15-6-8-16(9-7-15)19-13-21(23(27)28)32-24(30-19)18(14-29-32)25(33)31-20-12-17(26(2,3)4)10-11-22(20)34-5/h6-12,14,19,21,23,30H,13H2,1-5H3,(H,31,33). The van der Waals surface area contributed by atoms with Crippen LogP contribution in [-0.4, -0.2) is 29.2 Å². The number of carbonyl (C=O) groups excluding carboxylic acids is 1. The number of methoxy groups -OCH3 is 1. The number of amides is 1. The van der Waals surface area contributed by atoms with Gasteiger partial charge >= 0.3 is 0 Å². The zero-order valence-corrected chi connectivity index (χ0v) is 20.0. The van der Waals surface area contributed by atoms with Crippen molar-refractivity contribution in [3.8, 4) is 5.75 Å². The minimum Gasteiger partial charge on any atom is -0.495 e. The molecule has 180 valence electrons. The van der Waals surface area contributed by atoms with E-state index < -0.39 is 18.4 Å². The molecule has 6 nitrogen and oxygen atoms in total. The second-order valence-corrected chi connectivity index (χ2v) is 9.72. The molecule has 0 spiro atoms. The fourth-order valence-corrected chi connectivity index (χ4v) is 4.18. The Labute approximate surface area is 198 Å². The zero-order chi connectivity index (χ0) is 24.6. The number of anilines is 2. The maximum absolute atomic E-state index is 14.0. The number of halogens is 2. The number of alkyl halides is 2. The molecule has 2 atom stereocenters.